The second kappa shape index (κ2) is 12.6. The molecule has 214 valence electrons. The number of benzene rings is 2. The summed E-state index contributed by atoms with van der Waals surface area (Å²) in [5.74, 6) is -1.38. The number of oxime groups is 1. The molecular formula is C28H23ClF2N8O3. The molecule has 0 radical (unpaired) electrons. The predicted octanol–water partition coefficient (Wildman–Crippen LogP) is 5.23. The number of hydrogen-bond donors (Lipinski definition) is 3. The van der Waals surface area contributed by atoms with Gasteiger partial charge in [0, 0.05) is 11.6 Å². The van der Waals surface area contributed by atoms with Crippen molar-refractivity contribution in [1.29, 1.82) is 0 Å². The summed E-state index contributed by atoms with van der Waals surface area (Å²) in [6.45, 7) is 1.98. The van der Waals surface area contributed by atoms with Gasteiger partial charge in [-0.25, -0.2) is 18.4 Å². The van der Waals surface area contributed by atoms with Crippen molar-refractivity contribution in [3.8, 4) is 5.82 Å². The molecule has 0 bridgehead atoms. The molecule has 3 heterocycles. The van der Waals surface area contributed by atoms with E-state index in [4.69, 9.17) is 16.4 Å². The Hall–Kier alpha value is -5.17. The lowest BCUT2D eigenvalue weighted by Crippen LogP contribution is -2.28. The lowest BCUT2D eigenvalue weighted by atomic mass is 10.0. The topological polar surface area (TPSA) is 139 Å². The van der Waals surface area contributed by atoms with Crippen molar-refractivity contribution < 1.29 is 23.2 Å². The van der Waals surface area contributed by atoms with E-state index in [0.29, 0.717) is 16.5 Å². The Kier molecular flexibility index (Phi) is 8.48. The number of aromatic amines is 1. The van der Waals surface area contributed by atoms with Crippen LogP contribution in [0.4, 0.5) is 14.5 Å². The van der Waals surface area contributed by atoms with E-state index >= 15 is 0 Å². The van der Waals surface area contributed by atoms with Crippen LogP contribution in [0.1, 0.15) is 44.1 Å². The van der Waals surface area contributed by atoms with E-state index in [-0.39, 0.29) is 40.9 Å². The van der Waals surface area contributed by atoms with Crippen LogP contribution in [0.5, 0.6) is 0 Å². The molecule has 0 saturated heterocycles. The number of amides is 2. The van der Waals surface area contributed by atoms with Gasteiger partial charge >= 0.3 is 0 Å². The van der Waals surface area contributed by atoms with Crippen LogP contribution in [0.15, 0.2) is 72.1 Å². The van der Waals surface area contributed by atoms with Crippen molar-refractivity contribution >= 4 is 46.2 Å². The standard InChI is InChI=1S/C28H23ClF2N8O3/c1-16-12-18-14-34-37-24(18)22(28(41)33-10-11-35-42-15-17-6-3-2-4-7-17)23(16)36-27(40)21-13-20(25(30)31)38-39(21)26-19(29)8-5-9-32-26/h2-9,11-14,25H,10,15H2,1H3,(H,33,41)(H,34,37)(H,36,40)/b35-11+. The van der Waals surface area contributed by atoms with Crippen molar-refractivity contribution in [2.24, 2.45) is 5.16 Å². The molecule has 2 amide bonds. The first-order valence-corrected chi connectivity index (χ1v) is 12.9. The molecule has 0 atom stereocenters. The monoisotopic (exact) mass is 592 g/mol. The third kappa shape index (κ3) is 6.10. The molecule has 3 aromatic heterocycles. The van der Waals surface area contributed by atoms with Crippen LogP contribution in [0.3, 0.4) is 0 Å². The highest BCUT2D eigenvalue weighted by Crippen LogP contribution is 2.30. The first-order valence-electron chi connectivity index (χ1n) is 12.6. The van der Waals surface area contributed by atoms with Gasteiger partial charge in [0.15, 0.2) is 5.82 Å². The van der Waals surface area contributed by atoms with Gasteiger partial charge in [-0.05, 0) is 42.3 Å². The van der Waals surface area contributed by atoms with Gasteiger partial charge in [0.05, 0.1) is 40.7 Å². The molecule has 11 nitrogen and oxygen atoms in total. The first-order chi connectivity index (χ1) is 20.3. The number of rotatable bonds is 10. The van der Waals surface area contributed by atoms with E-state index in [1.165, 1.54) is 24.7 Å². The second-order valence-corrected chi connectivity index (χ2v) is 9.37. The molecule has 0 spiro atoms. The number of H-pyrrole nitrogens is 1. The highest BCUT2D eigenvalue weighted by molar-refractivity contribution is 6.32. The minimum absolute atomic E-state index is 0.0105. The summed E-state index contributed by atoms with van der Waals surface area (Å²) in [4.78, 5) is 36.2. The Morgan fingerprint density at radius 3 is 2.74 bits per heavy atom. The number of aryl methyl sites for hydroxylation is 1. The summed E-state index contributed by atoms with van der Waals surface area (Å²) in [6.07, 6.45) is 1.36. The number of nitrogens with one attached hydrogen (secondary N) is 3. The average Bonchev–Trinajstić information content (AvgIpc) is 3.63. The normalized spacial score (nSPS) is 11.4. The molecule has 3 N–H and O–H groups in total. The van der Waals surface area contributed by atoms with Gasteiger partial charge in [0.2, 0.25) is 0 Å². The Bertz CT molecular complexity index is 1770. The molecule has 0 saturated carbocycles. The van der Waals surface area contributed by atoms with Gasteiger partial charge < -0.3 is 15.5 Å². The fourth-order valence-corrected chi connectivity index (χ4v) is 4.37. The van der Waals surface area contributed by atoms with Crippen LogP contribution < -0.4 is 10.6 Å². The van der Waals surface area contributed by atoms with Crippen molar-refractivity contribution in [3.63, 3.8) is 0 Å². The Labute approximate surface area is 242 Å². The fraction of sp³-hybridized carbons (Fsp3) is 0.143. The largest absolute Gasteiger partial charge is 0.391 e. The molecule has 2 aromatic carbocycles. The van der Waals surface area contributed by atoms with Crippen molar-refractivity contribution in [1.82, 2.24) is 30.3 Å². The molecule has 0 aliphatic carbocycles. The Morgan fingerprint density at radius 1 is 1.17 bits per heavy atom. The van der Waals surface area contributed by atoms with Crippen LogP contribution in [0, 0.1) is 6.92 Å². The summed E-state index contributed by atoms with van der Waals surface area (Å²) >= 11 is 6.21. The lowest BCUT2D eigenvalue weighted by molar-refractivity contribution is 0.0960. The zero-order valence-corrected chi connectivity index (χ0v) is 22.8. The van der Waals surface area contributed by atoms with Gasteiger partial charge in [-0.1, -0.05) is 47.1 Å². The number of anilines is 1. The molecule has 0 fully saturated rings. The maximum absolute atomic E-state index is 13.6. The zero-order chi connectivity index (χ0) is 29.6. The predicted molar refractivity (Wildman–Crippen MR) is 152 cm³/mol. The highest BCUT2D eigenvalue weighted by Gasteiger charge is 2.26. The first kappa shape index (κ1) is 28.4. The third-order valence-electron chi connectivity index (χ3n) is 6.10. The van der Waals surface area contributed by atoms with Crippen molar-refractivity contribution in [2.75, 3.05) is 11.9 Å². The van der Waals surface area contributed by atoms with Crippen LogP contribution in [-0.2, 0) is 11.4 Å². The van der Waals surface area contributed by atoms with Crippen molar-refractivity contribution in [3.05, 3.63) is 100 Å². The molecule has 5 rings (SSSR count). The number of nitrogens with zero attached hydrogens (tertiary/aromatic N) is 5. The zero-order valence-electron chi connectivity index (χ0n) is 22.0. The van der Waals surface area contributed by atoms with E-state index in [1.807, 2.05) is 30.3 Å². The van der Waals surface area contributed by atoms with Gasteiger partial charge in [-0.15, -0.1) is 0 Å². The third-order valence-corrected chi connectivity index (χ3v) is 6.40. The maximum atomic E-state index is 13.6. The number of fused-ring (bicyclic) bond motifs is 1. The number of carbonyl (C=O) groups excluding carboxylic acids is 2. The second-order valence-electron chi connectivity index (χ2n) is 8.96. The number of halogens is 3. The summed E-state index contributed by atoms with van der Waals surface area (Å²) in [5, 5.41) is 20.6. The van der Waals surface area contributed by atoms with Gasteiger partial charge in [0.25, 0.3) is 18.2 Å². The molecule has 14 heteroatoms. The van der Waals surface area contributed by atoms with Crippen LogP contribution in [0.25, 0.3) is 16.7 Å². The minimum atomic E-state index is -2.96. The quantitative estimate of drug-likeness (QED) is 0.150. The molecule has 0 aliphatic heterocycles. The van der Waals surface area contributed by atoms with Crippen LogP contribution in [-0.4, -0.2) is 49.5 Å². The summed E-state index contributed by atoms with van der Waals surface area (Å²) in [5.41, 5.74) is 1.15. The highest BCUT2D eigenvalue weighted by atomic mass is 35.5. The average molecular weight is 593 g/mol. The van der Waals surface area contributed by atoms with Gasteiger partial charge in [-0.2, -0.15) is 10.2 Å². The smallest absolute Gasteiger partial charge is 0.282 e. The van der Waals surface area contributed by atoms with E-state index in [0.717, 1.165) is 16.3 Å². The summed E-state index contributed by atoms with van der Waals surface area (Å²) in [7, 11) is 0. The SMILES string of the molecule is Cc1cc2cn[nH]c2c(C(=O)NC/C=N/OCc2ccccc2)c1NC(=O)c1cc(C(F)F)nn1-c1ncccc1Cl. The van der Waals surface area contributed by atoms with Gasteiger partial charge in [-0.3, -0.25) is 14.7 Å². The van der Waals surface area contributed by atoms with E-state index < -0.39 is 23.9 Å². The summed E-state index contributed by atoms with van der Waals surface area (Å²) < 4.78 is 28.1. The maximum Gasteiger partial charge on any atom is 0.282 e. The number of hydrogen-bond acceptors (Lipinski definition) is 7. The van der Waals surface area contributed by atoms with Gasteiger partial charge in [0.1, 0.15) is 18.0 Å². The minimum Gasteiger partial charge on any atom is -0.391 e. The van der Waals surface area contributed by atoms with Crippen LogP contribution in [0.2, 0.25) is 5.02 Å². The Morgan fingerprint density at radius 2 is 1.98 bits per heavy atom. The number of aromatic nitrogens is 5. The fourth-order valence-electron chi connectivity index (χ4n) is 4.16. The molecule has 5 aromatic rings. The van der Waals surface area contributed by atoms with E-state index in [9.17, 15) is 18.4 Å². The summed E-state index contributed by atoms with van der Waals surface area (Å²) in [6, 6.07) is 15.2. The lowest BCUT2D eigenvalue weighted by Gasteiger charge is -2.15. The van der Waals surface area contributed by atoms with Crippen LogP contribution >= 0.6 is 11.6 Å². The molecule has 42 heavy (non-hydrogen) atoms. The Balaban J connectivity index is 1.40. The van der Waals surface area contributed by atoms with E-state index in [1.54, 1.807) is 19.1 Å². The number of carbonyl (C=O) groups is 2. The molecule has 0 aliphatic rings. The van der Waals surface area contributed by atoms with E-state index in [2.05, 4.69) is 36.1 Å². The number of pyridine rings is 1. The van der Waals surface area contributed by atoms with Crippen molar-refractivity contribution in [2.45, 2.75) is 20.0 Å². The molecular weight excluding hydrogens is 570 g/mol. The molecule has 0 unspecified atom stereocenters. The number of alkyl halides is 2.